The van der Waals surface area contributed by atoms with Gasteiger partial charge in [0.05, 0.1) is 6.10 Å². The zero-order chi connectivity index (χ0) is 12.8. The van der Waals surface area contributed by atoms with Crippen LogP contribution in [0.3, 0.4) is 0 Å². The topological polar surface area (TPSA) is 34.1 Å². The molecule has 0 radical (unpaired) electrons. The Morgan fingerprint density at radius 1 is 1.50 bits per heavy atom. The molecule has 0 spiro atoms. The van der Waals surface area contributed by atoms with E-state index >= 15 is 0 Å². The highest BCUT2D eigenvalue weighted by atomic mass is 16.5. The molecular formula is C15H22N2O. The van der Waals surface area contributed by atoms with Crippen molar-refractivity contribution in [1.82, 2.24) is 10.3 Å². The van der Waals surface area contributed by atoms with E-state index in [0.717, 1.165) is 6.61 Å². The summed E-state index contributed by atoms with van der Waals surface area (Å²) in [5, 5.41) is 3.77. The van der Waals surface area contributed by atoms with Crippen LogP contribution in [0.2, 0.25) is 0 Å². The van der Waals surface area contributed by atoms with Crippen LogP contribution in [0.1, 0.15) is 38.8 Å². The molecule has 3 heteroatoms. The molecule has 0 amide bonds. The van der Waals surface area contributed by atoms with Gasteiger partial charge in [0.25, 0.3) is 0 Å². The molecule has 3 nitrogen and oxygen atoms in total. The van der Waals surface area contributed by atoms with E-state index in [1.165, 1.54) is 12.0 Å². The molecule has 1 saturated heterocycles. The lowest BCUT2D eigenvalue weighted by atomic mass is 9.57. The highest BCUT2D eigenvalue weighted by Crippen LogP contribution is 2.52. The molecule has 4 unspecified atom stereocenters. The number of ether oxygens (including phenoxy) is 1. The number of aromatic nitrogens is 1. The molecule has 4 atom stereocenters. The van der Waals surface area contributed by atoms with Gasteiger partial charge in [-0.3, -0.25) is 4.98 Å². The third kappa shape index (κ3) is 1.77. The molecule has 1 aliphatic heterocycles. The number of hydrogen-bond donors (Lipinski definition) is 1. The van der Waals surface area contributed by atoms with Crippen molar-refractivity contribution >= 4 is 0 Å². The molecule has 3 rings (SSSR count). The Labute approximate surface area is 109 Å². The van der Waals surface area contributed by atoms with E-state index in [4.69, 9.17) is 4.74 Å². The van der Waals surface area contributed by atoms with Crippen LogP contribution in [0, 0.1) is 11.3 Å². The average Bonchev–Trinajstić information content (AvgIpc) is 2.83. The quantitative estimate of drug-likeness (QED) is 0.890. The molecule has 2 heterocycles. The van der Waals surface area contributed by atoms with Crippen LogP contribution in [0.25, 0.3) is 0 Å². The van der Waals surface area contributed by atoms with Gasteiger partial charge < -0.3 is 10.1 Å². The van der Waals surface area contributed by atoms with Gasteiger partial charge in [0.2, 0.25) is 0 Å². The third-order valence-electron chi connectivity index (χ3n) is 4.71. The Morgan fingerprint density at radius 2 is 2.33 bits per heavy atom. The first-order valence-electron chi connectivity index (χ1n) is 6.88. The Balaban J connectivity index is 1.70. The molecule has 1 aromatic rings. The maximum Gasteiger partial charge on any atom is 0.0685 e. The van der Waals surface area contributed by atoms with Gasteiger partial charge in [0, 0.05) is 42.4 Å². The lowest BCUT2D eigenvalue weighted by Crippen LogP contribution is -2.66. The predicted octanol–water partition coefficient (Wildman–Crippen LogP) is 2.55. The van der Waals surface area contributed by atoms with E-state index in [0.29, 0.717) is 24.1 Å². The summed E-state index contributed by atoms with van der Waals surface area (Å²) < 4.78 is 5.83. The van der Waals surface area contributed by atoms with Crippen molar-refractivity contribution in [1.29, 1.82) is 0 Å². The fourth-order valence-electron chi connectivity index (χ4n) is 3.66. The van der Waals surface area contributed by atoms with Crippen LogP contribution < -0.4 is 5.32 Å². The van der Waals surface area contributed by atoms with Crippen molar-refractivity contribution in [3.05, 3.63) is 30.1 Å². The molecule has 1 N–H and O–H groups in total. The first-order valence-corrected chi connectivity index (χ1v) is 6.88. The number of fused-ring (bicyclic) bond motifs is 1. The lowest BCUT2D eigenvalue weighted by Gasteiger charge is -2.55. The average molecular weight is 246 g/mol. The SMILES string of the molecule is CC(NC1C2CCOC2C1(C)C)c1cccnc1. The molecular weight excluding hydrogens is 224 g/mol. The van der Waals surface area contributed by atoms with Gasteiger partial charge in [-0.2, -0.15) is 0 Å². The van der Waals surface area contributed by atoms with Crippen molar-refractivity contribution in [3.63, 3.8) is 0 Å². The fourth-order valence-corrected chi connectivity index (χ4v) is 3.66. The smallest absolute Gasteiger partial charge is 0.0685 e. The number of hydrogen-bond acceptors (Lipinski definition) is 3. The molecule has 18 heavy (non-hydrogen) atoms. The first-order chi connectivity index (χ1) is 8.60. The molecule has 0 aromatic carbocycles. The van der Waals surface area contributed by atoms with Gasteiger partial charge in [-0.25, -0.2) is 0 Å². The largest absolute Gasteiger partial charge is 0.377 e. The van der Waals surface area contributed by atoms with Crippen LogP contribution in [0.4, 0.5) is 0 Å². The van der Waals surface area contributed by atoms with Gasteiger partial charge in [-0.05, 0) is 25.0 Å². The van der Waals surface area contributed by atoms with Crippen molar-refractivity contribution in [2.24, 2.45) is 11.3 Å². The summed E-state index contributed by atoms with van der Waals surface area (Å²) in [6.45, 7) is 7.77. The second-order valence-electron chi connectivity index (χ2n) is 6.22. The second-order valence-corrected chi connectivity index (χ2v) is 6.22. The van der Waals surface area contributed by atoms with E-state index in [-0.39, 0.29) is 5.41 Å². The number of nitrogens with one attached hydrogen (secondary N) is 1. The normalized spacial score (nSPS) is 34.7. The highest BCUT2D eigenvalue weighted by Gasteiger charge is 2.59. The van der Waals surface area contributed by atoms with Gasteiger partial charge in [-0.15, -0.1) is 0 Å². The monoisotopic (exact) mass is 246 g/mol. The Hall–Kier alpha value is -0.930. The van der Waals surface area contributed by atoms with E-state index in [9.17, 15) is 0 Å². The molecule has 0 bridgehead atoms. The zero-order valence-corrected chi connectivity index (χ0v) is 11.4. The third-order valence-corrected chi connectivity index (χ3v) is 4.71. The maximum absolute atomic E-state index is 5.83. The van der Waals surface area contributed by atoms with Crippen LogP contribution in [-0.2, 0) is 4.74 Å². The first kappa shape index (κ1) is 12.1. The minimum absolute atomic E-state index is 0.248. The molecule has 1 saturated carbocycles. The van der Waals surface area contributed by atoms with Crippen molar-refractivity contribution in [2.75, 3.05) is 6.61 Å². The molecule has 1 aromatic heterocycles. The minimum Gasteiger partial charge on any atom is -0.377 e. The summed E-state index contributed by atoms with van der Waals surface area (Å²) in [6.07, 6.45) is 5.43. The Bertz CT molecular complexity index is 418. The minimum atomic E-state index is 0.248. The van der Waals surface area contributed by atoms with Crippen molar-refractivity contribution < 1.29 is 4.74 Å². The summed E-state index contributed by atoms with van der Waals surface area (Å²) in [6, 6.07) is 5.05. The van der Waals surface area contributed by atoms with Gasteiger partial charge in [0.1, 0.15) is 0 Å². The fraction of sp³-hybridized carbons (Fsp3) is 0.667. The van der Waals surface area contributed by atoms with E-state index in [1.807, 2.05) is 18.5 Å². The number of rotatable bonds is 3. The van der Waals surface area contributed by atoms with Crippen LogP contribution in [-0.4, -0.2) is 23.7 Å². The predicted molar refractivity (Wildman–Crippen MR) is 71.2 cm³/mol. The van der Waals surface area contributed by atoms with E-state index in [2.05, 4.69) is 37.1 Å². The van der Waals surface area contributed by atoms with Crippen molar-refractivity contribution in [2.45, 2.75) is 45.4 Å². The van der Waals surface area contributed by atoms with Gasteiger partial charge in [0.15, 0.2) is 0 Å². The lowest BCUT2D eigenvalue weighted by molar-refractivity contribution is -0.115. The molecule has 2 aliphatic rings. The summed E-state index contributed by atoms with van der Waals surface area (Å²) in [7, 11) is 0. The Morgan fingerprint density at radius 3 is 3.06 bits per heavy atom. The summed E-state index contributed by atoms with van der Waals surface area (Å²) in [5.41, 5.74) is 1.51. The molecule has 2 fully saturated rings. The number of pyridine rings is 1. The molecule has 1 aliphatic carbocycles. The van der Waals surface area contributed by atoms with Crippen LogP contribution in [0.5, 0.6) is 0 Å². The highest BCUT2D eigenvalue weighted by molar-refractivity contribution is 5.17. The summed E-state index contributed by atoms with van der Waals surface area (Å²) in [5.74, 6) is 0.694. The molecule has 98 valence electrons. The van der Waals surface area contributed by atoms with E-state index in [1.54, 1.807) is 0 Å². The summed E-state index contributed by atoms with van der Waals surface area (Å²) >= 11 is 0. The second kappa shape index (κ2) is 4.32. The Kier molecular flexibility index (Phi) is 2.91. The zero-order valence-electron chi connectivity index (χ0n) is 11.4. The van der Waals surface area contributed by atoms with Crippen LogP contribution >= 0.6 is 0 Å². The van der Waals surface area contributed by atoms with Crippen molar-refractivity contribution in [3.8, 4) is 0 Å². The van der Waals surface area contributed by atoms with Gasteiger partial charge >= 0.3 is 0 Å². The van der Waals surface area contributed by atoms with Crippen LogP contribution in [0.15, 0.2) is 24.5 Å². The van der Waals surface area contributed by atoms with Gasteiger partial charge in [-0.1, -0.05) is 19.9 Å². The number of nitrogens with zero attached hydrogens (tertiary/aromatic N) is 1. The standard InChI is InChI=1S/C15H22N2O/c1-10(11-5-4-7-16-9-11)17-13-12-6-8-18-14(12)15(13,2)3/h4-5,7,9-10,12-14,17H,6,8H2,1-3H3. The summed E-state index contributed by atoms with van der Waals surface area (Å²) in [4.78, 5) is 4.20. The maximum atomic E-state index is 5.83. The van der Waals surface area contributed by atoms with E-state index < -0.39 is 0 Å².